The Bertz CT molecular complexity index is 698. The molecule has 1 saturated carbocycles. The van der Waals surface area contributed by atoms with Crippen molar-refractivity contribution < 1.29 is 14.4 Å². The highest BCUT2D eigenvalue weighted by atomic mass is 35.5. The van der Waals surface area contributed by atoms with Crippen LogP contribution in [0.1, 0.15) is 51.0 Å². The fraction of sp³-hybridized carbons (Fsp3) is 0.526. The van der Waals surface area contributed by atoms with E-state index in [2.05, 4.69) is 5.32 Å². The normalized spacial score (nSPS) is 19.7. The van der Waals surface area contributed by atoms with E-state index < -0.39 is 17.8 Å². The fourth-order valence-electron chi connectivity index (χ4n) is 3.75. The van der Waals surface area contributed by atoms with E-state index in [1.54, 1.807) is 0 Å². The fourth-order valence-corrected chi connectivity index (χ4v) is 3.87. The zero-order valence-corrected chi connectivity index (χ0v) is 15.7. The summed E-state index contributed by atoms with van der Waals surface area (Å²) in [6.07, 6.45) is 5.51. The van der Waals surface area contributed by atoms with Gasteiger partial charge in [-0.1, -0.05) is 49.9 Å². The van der Waals surface area contributed by atoms with Crippen molar-refractivity contribution in [2.75, 3.05) is 13.2 Å². The summed E-state index contributed by atoms with van der Waals surface area (Å²) in [5.74, 6) is -1.47. The molecule has 1 aromatic rings. The molecule has 2 aliphatic rings. The third-order valence-electron chi connectivity index (χ3n) is 5.30. The van der Waals surface area contributed by atoms with Gasteiger partial charge in [0.2, 0.25) is 0 Å². The number of nitrogens with one attached hydrogen (secondary N) is 1. The molecule has 6 nitrogen and oxygen atoms in total. The van der Waals surface area contributed by atoms with Crippen molar-refractivity contribution in [3.05, 3.63) is 34.9 Å². The first-order valence-electron chi connectivity index (χ1n) is 9.17. The number of unbranched alkanes of at least 4 members (excludes halogenated alkanes) is 1. The van der Waals surface area contributed by atoms with Crippen LogP contribution in [0.5, 0.6) is 0 Å². The minimum atomic E-state index is -0.747. The van der Waals surface area contributed by atoms with E-state index >= 15 is 0 Å². The van der Waals surface area contributed by atoms with Crippen LogP contribution in [0.2, 0.25) is 5.02 Å². The first kappa shape index (κ1) is 18.9. The number of hydrogen-bond donors (Lipinski definition) is 1. The van der Waals surface area contributed by atoms with Crippen molar-refractivity contribution in [2.45, 2.75) is 51.0 Å². The van der Waals surface area contributed by atoms with Gasteiger partial charge in [-0.15, -0.1) is 0 Å². The molecule has 0 aromatic heterocycles. The molecule has 0 unspecified atom stereocenters. The molecule has 1 aliphatic heterocycles. The molecule has 1 heterocycles. The maximum Gasteiger partial charge on any atom is 0.335 e. The highest BCUT2D eigenvalue weighted by molar-refractivity contribution is 6.44. The third kappa shape index (κ3) is 3.48. The summed E-state index contributed by atoms with van der Waals surface area (Å²) in [5, 5.41) is 4.06. The Kier molecular flexibility index (Phi) is 5.63. The van der Waals surface area contributed by atoms with E-state index in [0.717, 1.165) is 47.5 Å². The van der Waals surface area contributed by atoms with Gasteiger partial charge in [0.05, 0.1) is 6.67 Å². The lowest BCUT2D eigenvalue weighted by Gasteiger charge is -2.32. The van der Waals surface area contributed by atoms with Gasteiger partial charge in [0.25, 0.3) is 0 Å². The van der Waals surface area contributed by atoms with Gasteiger partial charge in [0.15, 0.2) is 0 Å². The van der Waals surface area contributed by atoms with Crippen LogP contribution in [0.4, 0.5) is 4.79 Å². The van der Waals surface area contributed by atoms with E-state index in [-0.39, 0.29) is 12.2 Å². The minimum absolute atomic E-state index is 0.0364. The van der Waals surface area contributed by atoms with E-state index in [9.17, 15) is 14.4 Å². The molecule has 0 atom stereocenters. The smallest absolute Gasteiger partial charge is 0.290 e. The summed E-state index contributed by atoms with van der Waals surface area (Å²) in [5.41, 5.74) is 0.790. The van der Waals surface area contributed by atoms with Gasteiger partial charge in [-0.05, 0) is 37.0 Å². The Morgan fingerprint density at radius 3 is 2.27 bits per heavy atom. The van der Waals surface area contributed by atoms with Gasteiger partial charge in [-0.2, -0.15) is 0 Å². The molecule has 1 N–H and O–H groups in total. The topological polar surface area (TPSA) is 69.7 Å². The number of nitrogens with zero attached hydrogens (tertiary/aromatic N) is 2. The van der Waals surface area contributed by atoms with Crippen molar-refractivity contribution in [2.24, 2.45) is 0 Å². The first-order valence-corrected chi connectivity index (χ1v) is 9.55. The molecule has 140 valence electrons. The second-order valence-electron chi connectivity index (χ2n) is 6.96. The van der Waals surface area contributed by atoms with Crippen molar-refractivity contribution in [3.63, 3.8) is 0 Å². The Morgan fingerprint density at radius 1 is 1.04 bits per heavy atom. The molecule has 0 radical (unpaired) electrons. The number of amides is 4. The number of urea groups is 1. The van der Waals surface area contributed by atoms with Crippen molar-refractivity contribution >= 4 is 29.4 Å². The predicted molar refractivity (Wildman–Crippen MR) is 98.5 cm³/mol. The molecule has 2 fully saturated rings. The lowest BCUT2D eigenvalue weighted by atomic mass is 9.88. The molecule has 1 aliphatic carbocycles. The monoisotopic (exact) mass is 377 g/mol. The van der Waals surface area contributed by atoms with E-state index in [4.69, 9.17) is 11.6 Å². The summed E-state index contributed by atoms with van der Waals surface area (Å²) < 4.78 is 0. The average molecular weight is 378 g/mol. The van der Waals surface area contributed by atoms with E-state index in [1.807, 2.05) is 31.2 Å². The SMILES string of the molecule is CCCCN1C(=O)C(=O)N(CNC2(c3ccc(Cl)cc3)CCCC2)C1=O. The molecular formula is C19H24ClN3O3. The van der Waals surface area contributed by atoms with Gasteiger partial charge in [-0.25, -0.2) is 9.69 Å². The average Bonchev–Trinajstić information content (AvgIpc) is 3.19. The first-order chi connectivity index (χ1) is 12.5. The molecule has 0 bridgehead atoms. The van der Waals surface area contributed by atoms with Crippen LogP contribution in [0.3, 0.4) is 0 Å². The molecule has 1 saturated heterocycles. The molecule has 4 amide bonds. The highest BCUT2D eigenvalue weighted by Crippen LogP contribution is 2.39. The molecule has 7 heteroatoms. The quantitative estimate of drug-likeness (QED) is 0.585. The zero-order chi connectivity index (χ0) is 18.7. The van der Waals surface area contributed by atoms with Crippen LogP contribution in [-0.2, 0) is 15.1 Å². The highest BCUT2D eigenvalue weighted by Gasteiger charge is 2.45. The number of carbonyl (C=O) groups is 3. The Balaban J connectivity index is 1.73. The summed E-state index contributed by atoms with van der Waals surface area (Å²) in [6, 6.07) is 7.13. The van der Waals surface area contributed by atoms with Crippen LogP contribution >= 0.6 is 11.6 Å². The van der Waals surface area contributed by atoms with Gasteiger partial charge in [-0.3, -0.25) is 19.8 Å². The molecule has 0 spiro atoms. The zero-order valence-electron chi connectivity index (χ0n) is 15.0. The summed E-state index contributed by atoms with van der Waals surface area (Å²) in [4.78, 5) is 38.9. The second-order valence-corrected chi connectivity index (χ2v) is 7.39. The number of rotatable bonds is 7. The lowest BCUT2D eigenvalue weighted by molar-refractivity contribution is -0.143. The van der Waals surface area contributed by atoms with Gasteiger partial charge < -0.3 is 0 Å². The molecular weight excluding hydrogens is 354 g/mol. The van der Waals surface area contributed by atoms with Crippen molar-refractivity contribution in [3.8, 4) is 0 Å². The van der Waals surface area contributed by atoms with Gasteiger partial charge in [0.1, 0.15) is 0 Å². The number of benzene rings is 1. The van der Waals surface area contributed by atoms with Crippen LogP contribution in [-0.4, -0.2) is 40.9 Å². The Hall–Kier alpha value is -1.92. The lowest BCUT2D eigenvalue weighted by Crippen LogP contribution is -2.48. The molecule has 26 heavy (non-hydrogen) atoms. The maximum atomic E-state index is 12.5. The Labute approximate surface area is 158 Å². The number of halogens is 1. The van der Waals surface area contributed by atoms with Crippen molar-refractivity contribution in [1.29, 1.82) is 0 Å². The van der Waals surface area contributed by atoms with Crippen LogP contribution in [0.25, 0.3) is 0 Å². The number of carbonyl (C=O) groups excluding carboxylic acids is 3. The van der Waals surface area contributed by atoms with Crippen LogP contribution in [0.15, 0.2) is 24.3 Å². The minimum Gasteiger partial charge on any atom is -0.290 e. The van der Waals surface area contributed by atoms with Gasteiger partial charge >= 0.3 is 17.8 Å². The standard InChI is InChI=1S/C19H24ClN3O3/c1-2-3-12-22-16(24)17(25)23(18(22)26)13-21-19(10-4-5-11-19)14-6-8-15(20)9-7-14/h6-9,21H,2-5,10-13H2,1H3. The van der Waals surface area contributed by atoms with Crippen molar-refractivity contribution in [1.82, 2.24) is 15.1 Å². The third-order valence-corrected chi connectivity index (χ3v) is 5.55. The molecule has 3 rings (SSSR count). The van der Waals surface area contributed by atoms with E-state index in [1.165, 1.54) is 0 Å². The van der Waals surface area contributed by atoms with E-state index in [0.29, 0.717) is 18.0 Å². The number of hydrogen-bond acceptors (Lipinski definition) is 4. The second kappa shape index (κ2) is 7.76. The van der Waals surface area contributed by atoms with Gasteiger partial charge in [0, 0.05) is 17.1 Å². The number of imide groups is 2. The maximum absolute atomic E-state index is 12.5. The van der Waals surface area contributed by atoms with Crippen LogP contribution in [0, 0.1) is 0 Å². The van der Waals surface area contributed by atoms with Crippen LogP contribution < -0.4 is 5.32 Å². The predicted octanol–water partition coefficient (Wildman–Crippen LogP) is 3.25. The summed E-state index contributed by atoms with van der Waals surface area (Å²) >= 11 is 6.00. The summed E-state index contributed by atoms with van der Waals surface area (Å²) in [7, 11) is 0. The summed E-state index contributed by atoms with van der Waals surface area (Å²) in [6.45, 7) is 2.30. The Morgan fingerprint density at radius 2 is 1.65 bits per heavy atom. The largest absolute Gasteiger partial charge is 0.335 e. The molecule has 1 aromatic carbocycles.